The number of carboxylic acid groups (broad SMARTS) is 2. The van der Waals surface area contributed by atoms with Crippen molar-refractivity contribution in [3.05, 3.63) is 107 Å². The third-order valence-corrected chi connectivity index (χ3v) is 7.56. The SMILES string of the molecule is CCCCC(=Nc1ccccc1)C(CCCC)=Nc1ccccc1.CCc1ccc(O)c(O)c1C(=O)[O-].CCc1ccc(O)c(O)c1C(=O)[O-].[Ni+2]. The fourth-order valence-corrected chi connectivity index (χ4v) is 4.82. The van der Waals surface area contributed by atoms with Crippen molar-refractivity contribution < 1.29 is 56.7 Å². The minimum atomic E-state index is -1.48. The van der Waals surface area contributed by atoms with Gasteiger partial charge in [-0.2, -0.15) is 0 Å². The van der Waals surface area contributed by atoms with E-state index in [9.17, 15) is 30.0 Å². The van der Waals surface area contributed by atoms with Crippen LogP contribution in [-0.2, 0) is 29.3 Å². The Morgan fingerprint density at radius 2 is 0.882 bits per heavy atom. The molecule has 0 radical (unpaired) electrons. The fourth-order valence-electron chi connectivity index (χ4n) is 4.82. The van der Waals surface area contributed by atoms with E-state index in [1.54, 1.807) is 13.8 Å². The molecule has 11 heteroatoms. The fraction of sp³-hybridized carbons (Fsp3) is 0.300. The van der Waals surface area contributed by atoms with Gasteiger partial charge in [-0.15, -0.1) is 0 Å². The largest absolute Gasteiger partial charge is 2.00 e. The van der Waals surface area contributed by atoms with E-state index < -0.39 is 34.9 Å². The zero-order valence-corrected chi connectivity index (χ0v) is 30.4. The first-order valence-corrected chi connectivity index (χ1v) is 16.7. The number of aryl methyl sites for hydroxylation is 2. The molecule has 0 atom stereocenters. The summed E-state index contributed by atoms with van der Waals surface area (Å²) in [5.41, 5.74) is 4.53. The number of carbonyl (C=O) groups excluding carboxylic acids is 2. The maximum atomic E-state index is 10.6. The van der Waals surface area contributed by atoms with Crippen LogP contribution in [-0.4, -0.2) is 43.8 Å². The van der Waals surface area contributed by atoms with E-state index in [4.69, 9.17) is 20.2 Å². The van der Waals surface area contributed by atoms with Gasteiger partial charge in [-0.1, -0.05) is 89.1 Å². The van der Waals surface area contributed by atoms with Crippen molar-refractivity contribution in [1.82, 2.24) is 0 Å². The summed E-state index contributed by atoms with van der Waals surface area (Å²) in [4.78, 5) is 31.0. The van der Waals surface area contributed by atoms with Crippen LogP contribution in [0.3, 0.4) is 0 Å². The number of benzene rings is 4. The number of aromatic hydroxyl groups is 4. The maximum Gasteiger partial charge on any atom is 2.00 e. The second-order valence-corrected chi connectivity index (χ2v) is 11.2. The monoisotopic (exact) mass is 740 g/mol. The molecule has 4 rings (SSSR count). The smallest absolute Gasteiger partial charge is 0.545 e. The van der Waals surface area contributed by atoms with E-state index >= 15 is 0 Å². The summed E-state index contributed by atoms with van der Waals surface area (Å²) in [6.07, 6.45) is 7.51. The van der Waals surface area contributed by atoms with Gasteiger partial charge in [0.1, 0.15) is 0 Å². The molecule has 10 nitrogen and oxygen atoms in total. The Bertz CT molecular complexity index is 1610. The quantitative estimate of drug-likeness (QED) is 0.0644. The third kappa shape index (κ3) is 13.9. The number of aromatic carboxylic acids is 2. The molecular weight excluding hydrogens is 695 g/mol. The first kappa shape index (κ1) is 43.9. The van der Waals surface area contributed by atoms with Gasteiger partial charge < -0.3 is 40.2 Å². The number of carboxylic acids is 2. The van der Waals surface area contributed by atoms with E-state index in [0.29, 0.717) is 24.0 Å². The molecule has 4 aromatic rings. The number of aliphatic imine (C=N–C) groups is 2. The number of phenols is 4. The maximum absolute atomic E-state index is 10.6. The molecule has 4 aromatic carbocycles. The molecule has 4 N–H and O–H groups in total. The molecule has 0 aliphatic carbocycles. The van der Waals surface area contributed by atoms with Crippen LogP contribution in [0.5, 0.6) is 23.0 Å². The van der Waals surface area contributed by atoms with Crippen LogP contribution in [0.25, 0.3) is 0 Å². The average molecular weight is 742 g/mol. The molecule has 51 heavy (non-hydrogen) atoms. The summed E-state index contributed by atoms with van der Waals surface area (Å²) >= 11 is 0. The molecule has 0 unspecified atom stereocenters. The molecule has 0 aliphatic rings. The first-order chi connectivity index (χ1) is 24.0. The molecule has 0 fully saturated rings. The standard InChI is InChI=1S/C22H28N2.2C9H10O4.Ni/c1-3-5-17-21(23-19-13-9-7-10-14-19)22(18-6-4-2)24-20-15-11-8-12-16-20;2*1-2-5-3-4-6(10)8(11)7(5)9(12)13;/h7-16H,3-6,17-18H2,1-2H3;2*3-4,10-11H,2H2,1H3,(H,12,13);/q;;;+2/p-2. The molecule has 0 bridgehead atoms. The molecule has 274 valence electrons. The molecule has 0 amide bonds. The number of unbranched alkanes of at least 4 members (excludes halogenated alkanes) is 2. The molecule has 0 saturated carbocycles. The van der Waals surface area contributed by atoms with E-state index in [-0.39, 0.29) is 27.6 Å². The van der Waals surface area contributed by atoms with Crippen molar-refractivity contribution >= 4 is 34.7 Å². The number of carbonyl (C=O) groups is 2. The van der Waals surface area contributed by atoms with Crippen LogP contribution >= 0.6 is 0 Å². The minimum Gasteiger partial charge on any atom is -0.545 e. The first-order valence-electron chi connectivity index (χ1n) is 16.7. The Balaban J connectivity index is 0.000000411. The molecule has 0 aliphatic heterocycles. The van der Waals surface area contributed by atoms with Crippen molar-refractivity contribution in [3.63, 3.8) is 0 Å². The minimum absolute atomic E-state index is 0. The van der Waals surface area contributed by atoms with Crippen molar-refractivity contribution in [3.8, 4) is 23.0 Å². The van der Waals surface area contributed by atoms with Crippen LogP contribution in [0.15, 0.2) is 94.9 Å². The predicted octanol–water partition coefficient (Wildman–Crippen LogP) is 6.96. The van der Waals surface area contributed by atoms with E-state index in [2.05, 4.69) is 38.1 Å². The van der Waals surface area contributed by atoms with Gasteiger partial charge in [0.25, 0.3) is 0 Å². The van der Waals surface area contributed by atoms with Gasteiger partial charge in [0, 0.05) is 11.1 Å². The normalized spacial score (nSPS) is 10.9. The van der Waals surface area contributed by atoms with Crippen LogP contribution in [0.2, 0.25) is 0 Å². The summed E-state index contributed by atoms with van der Waals surface area (Å²) < 4.78 is 0. The van der Waals surface area contributed by atoms with Gasteiger partial charge in [-0.3, -0.25) is 9.98 Å². The van der Waals surface area contributed by atoms with E-state index in [1.807, 2.05) is 36.4 Å². The van der Waals surface area contributed by atoms with E-state index in [1.165, 1.54) is 37.1 Å². The Morgan fingerprint density at radius 3 is 1.16 bits per heavy atom. The van der Waals surface area contributed by atoms with Crippen molar-refractivity contribution in [2.24, 2.45) is 9.98 Å². The molecule has 0 aromatic heterocycles. The molecular formula is C40H46N2NiO8. The second-order valence-electron chi connectivity index (χ2n) is 11.2. The molecule has 0 heterocycles. The van der Waals surface area contributed by atoms with Crippen LogP contribution in [0.1, 0.15) is 98.1 Å². The zero-order valence-electron chi connectivity index (χ0n) is 29.4. The van der Waals surface area contributed by atoms with E-state index in [0.717, 1.165) is 48.5 Å². The topological polar surface area (TPSA) is 186 Å². The van der Waals surface area contributed by atoms with Crippen molar-refractivity contribution in [2.75, 3.05) is 0 Å². The zero-order chi connectivity index (χ0) is 37.1. The number of rotatable bonds is 13. The number of nitrogens with zero attached hydrogens (tertiary/aromatic N) is 2. The van der Waals surface area contributed by atoms with Crippen LogP contribution < -0.4 is 10.2 Å². The Morgan fingerprint density at radius 1 is 0.549 bits per heavy atom. The van der Waals surface area contributed by atoms with Gasteiger partial charge >= 0.3 is 16.5 Å². The van der Waals surface area contributed by atoms with Crippen molar-refractivity contribution in [1.29, 1.82) is 0 Å². The molecule has 0 spiro atoms. The predicted molar refractivity (Wildman–Crippen MR) is 193 cm³/mol. The summed E-state index contributed by atoms with van der Waals surface area (Å²) in [7, 11) is 0. The summed E-state index contributed by atoms with van der Waals surface area (Å²) in [6.45, 7) is 7.94. The number of hydrogen-bond donors (Lipinski definition) is 4. The van der Waals surface area contributed by atoms with Crippen molar-refractivity contribution in [2.45, 2.75) is 79.1 Å². The van der Waals surface area contributed by atoms with Gasteiger partial charge in [-0.25, -0.2) is 0 Å². The van der Waals surface area contributed by atoms with Crippen LogP contribution in [0, 0.1) is 0 Å². The number of para-hydroxylation sites is 2. The van der Waals surface area contributed by atoms with Crippen LogP contribution in [0.4, 0.5) is 11.4 Å². The summed E-state index contributed by atoms with van der Waals surface area (Å²) in [5.74, 6) is -5.11. The van der Waals surface area contributed by atoms with Gasteiger partial charge in [0.05, 0.1) is 34.7 Å². The molecule has 0 saturated heterocycles. The van der Waals surface area contributed by atoms with Gasteiger partial charge in [0.15, 0.2) is 23.0 Å². The third-order valence-electron chi connectivity index (χ3n) is 7.56. The van der Waals surface area contributed by atoms with Gasteiger partial charge in [-0.05, 0) is 86.1 Å². The summed E-state index contributed by atoms with van der Waals surface area (Å²) in [5, 5.41) is 57.6. The Hall–Kier alpha value is -5.15. The second kappa shape index (κ2) is 23.3. The average Bonchev–Trinajstić information content (AvgIpc) is 3.11. The van der Waals surface area contributed by atoms with Gasteiger partial charge in [0.2, 0.25) is 0 Å². The Kier molecular flexibility index (Phi) is 20.0. The summed E-state index contributed by atoms with van der Waals surface area (Å²) in [6, 6.07) is 25.8. The number of phenolic OH excluding ortho intramolecular Hbond substituents is 2. The Labute approximate surface area is 309 Å². The number of hydrogen-bond acceptors (Lipinski definition) is 10.